The van der Waals surface area contributed by atoms with E-state index in [1.54, 1.807) is 0 Å². The predicted molar refractivity (Wildman–Crippen MR) is 99.4 cm³/mol. The summed E-state index contributed by atoms with van der Waals surface area (Å²) in [6.45, 7) is 16.3. The van der Waals surface area contributed by atoms with Gasteiger partial charge in [-0.25, -0.2) is 0 Å². The van der Waals surface area contributed by atoms with Crippen molar-refractivity contribution >= 4 is 0 Å². The van der Waals surface area contributed by atoms with Gasteiger partial charge in [0.25, 0.3) is 0 Å². The first-order valence-corrected chi connectivity index (χ1v) is 8.41. The van der Waals surface area contributed by atoms with Gasteiger partial charge in [0.05, 0.1) is 0 Å². The van der Waals surface area contributed by atoms with Gasteiger partial charge >= 0.3 is 0 Å². The van der Waals surface area contributed by atoms with E-state index in [0.29, 0.717) is 6.61 Å². The first-order chi connectivity index (χ1) is 10.6. The standard InChI is InChI=1S/C22H30O/c1-16-13-18(21(2,3)4)20(19(14-16)22(5,6)7)23-15-17-11-9-8-10-12-17/h8-14H,15H2,1-7H3. The van der Waals surface area contributed by atoms with E-state index in [2.05, 4.69) is 84.9 Å². The molecule has 0 aromatic heterocycles. The molecule has 0 fully saturated rings. The van der Waals surface area contributed by atoms with Gasteiger partial charge < -0.3 is 4.74 Å². The topological polar surface area (TPSA) is 9.23 Å². The first kappa shape index (κ1) is 17.6. The van der Waals surface area contributed by atoms with Crippen molar-refractivity contribution < 1.29 is 4.74 Å². The summed E-state index contributed by atoms with van der Waals surface area (Å²) in [5.74, 6) is 1.06. The lowest BCUT2D eigenvalue weighted by Gasteiger charge is -2.30. The highest BCUT2D eigenvalue weighted by molar-refractivity contribution is 5.50. The molecule has 0 amide bonds. The van der Waals surface area contributed by atoms with E-state index in [1.807, 2.05) is 6.07 Å². The molecule has 2 aromatic carbocycles. The monoisotopic (exact) mass is 310 g/mol. The summed E-state index contributed by atoms with van der Waals surface area (Å²) >= 11 is 0. The van der Waals surface area contributed by atoms with Crippen LogP contribution < -0.4 is 4.74 Å². The smallest absolute Gasteiger partial charge is 0.127 e. The van der Waals surface area contributed by atoms with E-state index < -0.39 is 0 Å². The quantitative estimate of drug-likeness (QED) is 0.658. The fourth-order valence-corrected chi connectivity index (χ4v) is 2.77. The molecule has 0 unspecified atom stereocenters. The molecular weight excluding hydrogens is 280 g/mol. The van der Waals surface area contributed by atoms with Crippen molar-refractivity contribution in [1.82, 2.24) is 0 Å². The van der Waals surface area contributed by atoms with Crippen LogP contribution in [0.1, 0.15) is 63.8 Å². The maximum absolute atomic E-state index is 6.36. The molecule has 0 aliphatic carbocycles. The summed E-state index contributed by atoms with van der Waals surface area (Å²) in [7, 11) is 0. The van der Waals surface area contributed by atoms with E-state index in [1.165, 1.54) is 22.3 Å². The summed E-state index contributed by atoms with van der Waals surface area (Å²) in [4.78, 5) is 0. The van der Waals surface area contributed by atoms with Gasteiger partial charge in [0, 0.05) is 11.1 Å². The first-order valence-electron chi connectivity index (χ1n) is 8.41. The van der Waals surface area contributed by atoms with Crippen LogP contribution in [0.4, 0.5) is 0 Å². The van der Waals surface area contributed by atoms with Crippen molar-refractivity contribution in [3.63, 3.8) is 0 Å². The van der Waals surface area contributed by atoms with Crippen LogP contribution in [0.3, 0.4) is 0 Å². The summed E-state index contributed by atoms with van der Waals surface area (Å²) in [6.07, 6.45) is 0. The third kappa shape index (κ3) is 4.37. The lowest BCUT2D eigenvalue weighted by molar-refractivity contribution is 0.289. The minimum absolute atomic E-state index is 0.0536. The molecule has 0 heterocycles. The lowest BCUT2D eigenvalue weighted by atomic mass is 9.78. The molecule has 0 aliphatic rings. The second-order valence-corrected chi connectivity index (χ2v) is 8.46. The number of ether oxygens (including phenoxy) is 1. The van der Waals surface area contributed by atoms with Gasteiger partial charge in [0.2, 0.25) is 0 Å². The van der Waals surface area contributed by atoms with Gasteiger partial charge in [-0.15, -0.1) is 0 Å². The molecular formula is C22H30O. The maximum atomic E-state index is 6.36. The van der Waals surface area contributed by atoms with Crippen LogP contribution in [0, 0.1) is 6.92 Å². The van der Waals surface area contributed by atoms with Gasteiger partial charge in [-0.1, -0.05) is 89.6 Å². The van der Waals surface area contributed by atoms with Crippen LogP contribution in [-0.4, -0.2) is 0 Å². The van der Waals surface area contributed by atoms with Crippen LogP contribution >= 0.6 is 0 Å². The Bertz CT molecular complexity index is 620. The normalized spacial score (nSPS) is 12.3. The third-order valence-electron chi connectivity index (χ3n) is 4.08. The van der Waals surface area contributed by atoms with Crippen LogP contribution in [0.5, 0.6) is 5.75 Å². The molecule has 0 aliphatic heterocycles. The summed E-state index contributed by atoms with van der Waals surface area (Å²) in [5.41, 5.74) is 5.19. The molecule has 23 heavy (non-hydrogen) atoms. The molecule has 1 heteroatoms. The van der Waals surface area contributed by atoms with Gasteiger partial charge in [-0.2, -0.15) is 0 Å². The van der Waals surface area contributed by atoms with Crippen molar-refractivity contribution in [2.24, 2.45) is 0 Å². The van der Waals surface area contributed by atoms with E-state index >= 15 is 0 Å². The predicted octanol–water partition coefficient (Wildman–Crippen LogP) is 6.17. The largest absolute Gasteiger partial charge is 0.488 e. The van der Waals surface area contributed by atoms with E-state index in [9.17, 15) is 0 Å². The zero-order valence-electron chi connectivity index (χ0n) is 15.7. The number of aryl methyl sites for hydroxylation is 1. The summed E-state index contributed by atoms with van der Waals surface area (Å²) in [5, 5.41) is 0. The zero-order valence-corrected chi connectivity index (χ0v) is 15.7. The van der Waals surface area contributed by atoms with Crippen molar-refractivity contribution in [3.8, 4) is 5.75 Å². The van der Waals surface area contributed by atoms with Crippen LogP contribution in [0.25, 0.3) is 0 Å². The Morgan fingerprint density at radius 3 is 1.70 bits per heavy atom. The molecule has 0 saturated carbocycles. The average molecular weight is 310 g/mol. The highest BCUT2D eigenvalue weighted by Crippen LogP contribution is 2.40. The Labute approximate surface area is 141 Å². The van der Waals surface area contributed by atoms with Crippen molar-refractivity contribution in [2.45, 2.75) is 65.9 Å². The number of rotatable bonds is 3. The van der Waals surface area contributed by atoms with E-state index in [4.69, 9.17) is 4.74 Å². The van der Waals surface area contributed by atoms with Crippen molar-refractivity contribution in [1.29, 1.82) is 0 Å². The zero-order chi connectivity index (χ0) is 17.3. The molecule has 2 rings (SSSR count). The second-order valence-electron chi connectivity index (χ2n) is 8.46. The number of hydrogen-bond acceptors (Lipinski definition) is 1. The molecule has 2 aromatic rings. The molecule has 0 saturated heterocycles. The summed E-state index contributed by atoms with van der Waals surface area (Å²) < 4.78 is 6.36. The van der Waals surface area contributed by atoms with Crippen molar-refractivity contribution in [3.05, 3.63) is 64.7 Å². The fourth-order valence-electron chi connectivity index (χ4n) is 2.77. The molecule has 0 atom stereocenters. The second kappa shape index (κ2) is 6.39. The van der Waals surface area contributed by atoms with Crippen LogP contribution in [0.15, 0.2) is 42.5 Å². The molecule has 0 N–H and O–H groups in total. The van der Waals surface area contributed by atoms with Crippen molar-refractivity contribution in [2.75, 3.05) is 0 Å². The Morgan fingerprint density at radius 1 is 0.783 bits per heavy atom. The van der Waals surface area contributed by atoms with E-state index in [0.717, 1.165) is 5.75 Å². The summed E-state index contributed by atoms with van der Waals surface area (Å²) in [6, 6.07) is 14.9. The van der Waals surface area contributed by atoms with Gasteiger partial charge in [0.15, 0.2) is 0 Å². The minimum atomic E-state index is 0.0536. The lowest BCUT2D eigenvalue weighted by Crippen LogP contribution is -2.20. The van der Waals surface area contributed by atoms with Crippen LogP contribution in [0.2, 0.25) is 0 Å². The molecule has 0 radical (unpaired) electrons. The molecule has 1 nitrogen and oxygen atoms in total. The Hall–Kier alpha value is -1.76. The average Bonchev–Trinajstić information content (AvgIpc) is 2.44. The number of hydrogen-bond donors (Lipinski definition) is 0. The van der Waals surface area contributed by atoms with Crippen LogP contribution in [-0.2, 0) is 17.4 Å². The van der Waals surface area contributed by atoms with Gasteiger partial charge in [0.1, 0.15) is 12.4 Å². The Kier molecular flexibility index (Phi) is 4.89. The SMILES string of the molecule is Cc1cc(C(C)(C)C)c(OCc2ccccc2)c(C(C)(C)C)c1. The molecule has 124 valence electrons. The Morgan fingerprint density at radius 2 is 1.26 bits per heavy atom. The van der Waals surface area contributed by atoms with E-state index in [-0.39, 0.29) is 10.8 Å². The fraction of sp³-hybridized carbons (Fsp3) is 0.455. The molecule has 0 bridgehead atoms. The number of benzene rings is 2. The highest BCUT2D eigenvalue weighted by atomic mass is 16.5. The van der Waals surface area contributed by atoms with Gasteiger partial charge in [-0.3, -0.25) is 0 Å². The maximum Gasteiger partial charge on any atom is 0.127 e. The highest BCUT2D eigenvalue weighted by Gasteiger charge is 2.27. The third-order valence-corrected chi connectivity index (χ3v) is 4.08. The Balaban J connectivity index is 2.49. The van der Waals surface area contributed by atoms with Gasteiger partial charge in [-0.05, 0) is 23.3 Å². The molecule has 0 spiro atoms. The minimum Gasteiger partial charge on any atom is -0.488 e.